The van der Waals surface area contributed by atoms with Crippen LogP contribution in [0.2, 0.25) is 0 Å². The van der Waals surface area contributed by atoms with Crippen molar-refractivity contribution in [1.82, 2.24) is 19.9 Å². The van der Waals surface area contributed by atoms with Crippen molar-refractivity contribution < 1.29 is 4.52 Å². The number of aryl methyl sites for hydroxylation is 1. The number of rotatable bonds is 5. The molecule has 5 nitrogen and oxygen atoms in total. The molecule has 0 aliphatic carbocycles. The first-order valence-electron chi connectivity index (χ1n) is 8.09. The highest BCUT2D eigenvalue weighted by atomic mass is 16.5. The number of piperazine rings is 1. The monoisotopic (exact) mass is 300 g/mol. The highest BCUT2D eigenvalue weighted by Gasteiger charge is 2.25. The van der Waals surface area contributed by atoms with Gasteiger partial charge in [-0.15, -0.1) is 0 Å². The molecular weight excluding hydrogens is 276 g/mol. The van der Waals surface area contributed by atoms with Gasteiger partial charge in [0, 0.05) is 39.1 Å². The molecule has 0 saturated carbocycles. The van der Waals surface area contributed by atoms with Crippen molar-refractivity contribution in [2.45, 2.75) is 32.9 Å². The van der Waals surface area contributed by atoms with E-state index in [4.69, 9.17) is 4.52 Å². The maximum atomic E-state index is 5.38. The second-order valence-electron chi connectivity index (χ2n) is 5.88. The molecule has 3 rings (SSSR count). The van der Waals surface area contributed by atoms with Crippen LogP contribution < -0.4 is 0 Å². The zero-order chi connectivity index (χ0) is 15.4. The minimum Gasteiger partial charge on any atom is -0.338 e. The van der Waals surface area contributed by atoms with E-state index >= 15 is 0 Å². The summed E-state index contributed by atoms with van der Waals surface area (Å²) in [6.45, 7) is 9.46. The van der Waals surface area contributed by atoms with Crippen molar-refractivity contribution in [3.63, 3.8) is 0 Å². The summed E-state index contributed by atoms with van der Waals surface area (Å²) in [5, 5.41) is 4.00. The molecule has 0 bridgehead atoms. The average molecular weight is 300 g/mol. The van der Waals surface area contributed by atoms with E-state index in [1.807, 2.05) is 6.92 Å². The maximum absolute atomic E-state index is 5.38. The van der Waals surface area contributed by atoms with E-state index in [0.717, 1.165) is 50.9 Å². The van der Waals surface area contributed by atoms with Crippen LogP contribution in [-0.4, -0.2) is 46.1 Å². The molecule has 118 valence electrons. The summed E-state index contributed by atoms with van der Waals surface area (Å²) in [6.07, 6.45) is 0.821. The number of hydrogen-bond donors (Lipinski definition) is 0. The van der Waals surface area contributed by atoms with Crippen LogP contribution in [0, 0.1) is 0 Å². The molecule has 0 spiro atoms. The third-order valence-corrected chi connectivity index (χ3v) is 4.36. The number of nitrogens with zero attached hydrogens (tertiary/aromatic N) is 4. The predicted octanol–water partition coefficient (Wildman–Crippen LogP) is 2.51. The van der Waals surface area contributed by atoms with Crippen LogP contribution in [0.3, 0.4) is 0 Å². The largest absolute Gasteiger partial charge is 0.338 e. The summed E-state index contributed by atoms with van der Waals surface area (Å²) in [5.41, 5.74) is 1.38. The van der Waals surface area contributed by atoms with Crippen LogP contribution in [-0.2, 0) is 13.0 Å². The smallest absolute Gasteiger partial charge is 0.243 e. The van der Waals surface area contributed by atoms with E-state index in [1.54, 1.807) is 0 Å². The molecule has 1 atom stereocenters. The van der Waals surface area contributed by atoms with Gasteiger partial charge in [-0.1, -0.05) is 42.4 Å². The quantitative estimate of drug-likeness (QED) is 0.849. The topological polar surface area (TPSA) is 45.4 Å². The SMILES string of the molecule is CCc1noc([C@H](C)N2CCN(Cc3ccccc3)CC2)n1. The number of hydrogen-bond acceptors (Lipinski definition) is 5. The molecule has 1 aromatic carbocycles. The summed E-state index contributed by atoms with van der Waals surface area (Å²) in [6, 6.07) is 10.9. The normalized spacial score (nSPS) is 18.5. The fourth-order valence-electron chi connectivity index (χ4n) is 2.89. The lowest BCUT2D eigenvalue weighted by atomic mass is 10.2. The van der Waals surface area contributed by atoms with Crippen LogP contribution in [0.4, 0.5) is 0 Å². The zero-order valence-corrected chi connectivity index (χ0v) is 13.4. The van der Waals surface area contributed by atoms with Gasteiger partial charge in [0.15, 0.2) is 5.82 Å². The van der Waals surface area contributed by atoms with Gasteiger partial charge >= 0.3 is 0 Å². The fraction of sp³-hybridized carbons (Fsp3) is 0.529. The van der Waals surface area contributed by atoms with Gasteiger partial charge in [-0.2, -0.15) is 4.98 Å². The minimum absolute atomic E-state index is 0.201. The molecule has 1 aromatic heterocycles. The Morgan fingerprint density at radius 2 is 1.86 bits per heavy atom. The van der Waals surface area contributed by atoms with Gasteiger partial charge in [-0.05, 0) is 12.5 Å². The van der Waals surface area contributed by atoms with Gasteiger partial charge in [0.2, 0.25) is 5.89 Å². The third-order valence-electron chi connectivity index (χ3n) is 4.36. The standard InChI is InChI=1S/C17H24N4O/c1-3-16-18-17(22-19-16)14(2)21-11-9-20(10-12-21)13-15-7-5-4-6-8-15/h4-8,14H,3,9-13H2,1-2H3/t14-/m0/s1. The molecule has 1 aliphatic heterocycles. The third kappa shape index (κ3) is 3.54. The molecule has 2 aromatic rings. The number of aromatic nitrogens is 2. The van der Waals surface area contributed by atoms with Crippen LogP contribution in [0.15, 0.2) is 34.9 Å². The Morgan fingerprint density at radius 1 is 1.14 bits per heavy atom. The van der Waals surface area contributed by atoms with Gasteiger partial charge in [0.25, 0.3) is 0 Å². The molecule has 5 heteroatoms. The molecule has 22 heavy (non-hydrogen) atoms. The Labute approximate surface area is 131 Å². The van der Waals surface area contributed by atoms with E-state index in [2.05, 4.69) is 57.2 Å². The average Bonchev–Trinajstić information content (AvgIpc) is 3.05. The molecule has 0 N–H and O–H groups in total. The second kappa shape index (κ2) is 7.03. The lowest BCUT2D eigenvalue weighted by molar-refractivity contribution is 0.0845. The van der Waals surface area contributed by atoms with Crippen molar-refractivity contribution in [2.24, 2.45) is 0 Å². The van der Waals surface area contributed by atoms with Gasteiger partial charge < -0.3 is 4.52 Å². The van der Waals surface area contributed by atoms with Gasteiger partial charge in [-0.3, -0.25) is 9.80 Å². The summed E-state index contributed by atoms with van der Waals surface area (Å²) in [4.78, 5) is 9.39. The highest BCUT2D eigenvalue weighted by molar-refractivity contribution is 5.14. The van der Waals surface area contributed by atoms with Crippen LogP contribution in [0.25, 0.3) is 0 Å². The van der Waals surface area contributed by atoms with Gasteiger partial charge in [-0.25, -0.2) is 0 Å². The lowest BCUT2D eigenvalue weighted by Crippen LogP contribution is -2.46. The summed E-state index contributed by atoms with van der Waals surface area (Å²) in [5.74, 6) is 1.54. The van der Waals surface area contributed by atoms with E-state index in [0.29, 0.717) is 0 Å². The highest BCUT2D eigenvalue weighted by Crippen LogP contribution is 2.20. The van der Waals surface area contributed by atoms with Crippen molar-refractivity contribution in [3.8, 4) is 0 Å². The van der Waals surface area contributed by atoms with E-state index in [9.17, 15) is 0 Å². The maximum Gasteiger partial charge on any atom is 0.243 e. The Kier molecular flexibility index (Phi) is 4.85. The first-order chi connectivity index (χ1) is 10.8. The molecule has 2 heterocycles. The van der Waals surface area contributed by atoms with Gasteiger partial charge in [0.1, 0.15) is 0 Å². The first kappa shape index (κ1) is 15.2. The lowest BCUT2D eigenvalue weighted by Gasteiger charge is -2.36. The van der Waals surface area contributed by atoms with Crippen LogP contribution >= 0.6 is 0 Å². The summed E-state index contributed by atoms with van der Waals surface area (Å²) < 4.78 is 5.38. The van der Waals surface area contributed by atoms with Gasteiger partial charge in [0.05, 0.1) is 6.04 Å². The van der Waals surface area contributed by atoms with Crippen molar-refractivity contribution in [1.29, 1.82) is 0 Å². The number of benzene rings is 1. The molecule has 1 fully saturated rings. The molecule has 0 amide bonds. The molecule has 1 saturated heterocycles. The molecular formula is C17H24N4O. The van der Waals surface area contributed by atoms with Crippen molar-refractivity contribution >= 4 is 0 Å². The van der Waals surface area contributed by atoms with Crippen molar-refractivity contribution in [2.75, 3.05) is 26.2 Å². The van der Waals surface area contributed by atoms with E-state index in [1.165, 1.54) is 5.56 Å². The Bertz CT molecular complexity index is 575. The predicted molar refractivity (Wildman–Crippen MR) is 85.4 cm³/mol. The van der Waals surface area contributed by atoms with Crippen LogP contribution in [0.5, 0.6) is 0 Å². The summed E-state index contributed by atoms with van der Waals surface area (Å²) >= 11 is 0. The second-order valence-corrected chi connectivity index (χ2v) is 5.88. The zero-order valence-electron chi connectivity index (χ0n) is 13.4. The minimum atomic E-state index is 0.201. The van der Waals surface area contributed by atoms with Crippen LogP contribution in [0.1, 0.15) is 37.2 Å². The summed E-state index contributed by atoms with van der Waals surface area (Å²) in [7, 11) is 0. The Balaban J connectivity index is 1.52. The van der Waals surface area contributed by atoms with E-state index in [-0.39, 0.29) is 6.04 Å². The Morgan fingerprint density at radius 3 is 2.50 bits per heavy atom. The first-order valence-corrected chi connectivity index (χ1v) is 8.09. The molecule has 0 radical (unpaired) electrons. The Hall–Kier alpha value is -1.72. The van der Waals surface area contributed by atoms with E-state index < -0.39 is 0 Å². The molecule has 0 unspecified atom stereocenters. The fourth-order valence-corrected chi connectivity index (χ4v) is 2.89. The van der Waals surface area contributed by atoms with Crippen molar-refractivity contribution in [3.05, 3.63) is 47.6 Å². The molecule has 1 aliphatic rings.